The number of hydrogen-bond donors (Lipinski definition) is 1. The van der Waals surface area contributed by atoms with Crippen molar-refractivity contribution in [2.75, 3.05) is 19.7 Å². The van der Waals surface area contributed by atoms with E-state index in [1.165, 1.54) is 11.2 Å². The average molecular weight is 239 g/mol. The summed E-state index contributed by atoms with van der Waals surface area (Å²) in [4.78, 5) is 24.3. The zero-order valence-corrected chi connectivity index (χ0v) is 9.38. The highest BCUT2D eigenvalue weighted by atomic mass is 16.5. The van der Waals surface area contributed by atoms with Gasteiger partial charge in [0, 0.05) is 12.1 Å². The SMILES string of the molecule is Cc1ccoc1C(=O)N1CCO[C@@H](C(=O)O)C1. The number of rotatable bonds is 2. The molecule has 1 aliphatic rings. The molecule has 1 N–H and O–H groups in total. The molecular weight excluding hydrogens is 226 g/mol. The van der Waals surface area contributed by atoms with Crippen LogP contribution in [0.4, 0.5) is 0 Å². The highest BCUT2D eigenvalue weighted by Crippen LogP contribution is 2.15. The van der Waals surface area contributed by atoms with Crippen LogP contribution in [0, 0.1) is 6.92 Å². The van der Waals surface area contributed by atoms with Gasteiger partial charge in [0.05, 0.1) is 19.4 Å². The fraction of sp³-hybridized carbons (Fsp3) is 0.455. The molecule has 1 atom stereocenters. The van der Waals surface area contributed by atoms with Crippen molar-refractivity contribution in [3.63, 3.8) is 0 Å². The van der Waals surface area contributed by atoms with Gasteiger partial charge in [0.25, 0.3) is 5.91 Å². The van der Waals surface area contributed by atoms with E-state index >= 15 is 0 Å². The number of aryl methyl sites for hydroxylation is 1. The van der Waals surface area contributed by atoms with Gasteiger partial charge in [-0.25, -0.2) is 4.79 Å². The van der Waals surface area contributed by atoms with Gasteiger partial charge in [-0.15, -0.1) is 0 Å². The first kappa shape index (κ1) is 11.7. The Labute approximate surface area is 97.8 Å². The van der Waals surface area contributed by atoms with Gasteiger partial charge in [0.2, 0.25) is 0 Å². The van der Waals surface area contributed by atoms with Crippen LogP contribution in [0.1, 0.15) is 16.1 Å². The molecule has 6 nitrogen and oxygen atoms in total. The summed E-state index contributed by atoms with van der Waals surface area (Å²) in [5.74, 6) is -1.09. The van der Waals surface area contributed by atoms with Gasteiger partial charge < -0.3 is 19.2 Å². The second kappa shape index (κ2) is 4.58. The first-order chi connectivity index (χ1) is 8.09. The molecule has 1 amide bonds. The summed E-state index contributed by atoms with van der Waals surface area (Å²) in [5, 5.41) is 8.84. The molecule has 0 unspecified atom stereocenters. The van der Waals surface area contributed by atoms with Crippen molar-refractivity contribution >= 4 is 11.9 Å². The lowest BCUT2D eigenvalue weighted by molar-refractivity contribution is -0.154. The maximum absolute atomic E-state index is 12.0. The lowest BCUT2D eigenvalue weighted by atomic mass is 10.2. The fourth-order valence-corrected chi connectivity index (χ4v) is 1.72. The minimum atomic E-state index is -1.06. The topological polar surface area (TPSA) is 80.0 Å². The molecule has 0 aliphatic carbocycles. The molecule has 17 heavy (non-hydrogen) atoms. The number of carbonyl (C=O) groups is 2. The summed E-state index contributed by atoms with van der Waals surface area (Å²) in [6.45, 7) is 2.42. The van der Waals surface area contributed by atoms with Crippen molar-refractivity contribution in [1.82, 2.24) is 4.90 Å². The molecule has 0 bridgehead atoms. The molecule has 0 radical (unpaired) electrons. The number of hydrogen-bond acceptors (Lipinski definition) is 4. The molecule has 1 aromatic heterocycles. The third kappa shape index (κ3) is 2.31. The molecule has 0 saturated carbocycles. The number of furan rings is 1. The van der Waals surface area contributed by atoms with E-state index in [1.807, 2.05) is 0 Å². The van der Waals surface area contributed by atoms with E-state index in [0.717, 1.165) is 5.56 Å². The zero-order chi connectivity index (χ0) is 12.4. The molecule has 2 heterocycles. The molecule has 1 fully saturated rings. The van der Waals surface area contributed by atoms with Gasteiger partial charge in [0.1, 0.15) is 0 Å². The second-order valence-electron chi connectivity index (χ2n) is 3.88. The highest BCUT2D eigenvalue weighted by molar-refractivity contribution is 5.93. The van der Waals surface area contributed by atoms with Crippen LogP contribution in [0.5, 0.6) is 0 Å². The van der Waals surface area contributed by atoms with E-state index < -0.39 is 12.1 Å². The fourth-order valence-electron chi connectivity index (χ4n) is 1.72. The molecular formula is C11H13NO5. The highest BCUT2D eigenvalue weighted by Gasteiger charge is 2.30. The monoisotopic (exact) mass is 239 g/mol. The van der Waals surface area contributed by atoms with E-state index in [-0.39, 0.29) is 24.8 Å². The van der Waals surface area contributed by atoms with Gasteiger partial charge in [-0.1, -0.05) is 0 Å². The Hall–Kier alpha value is -1.82. The Morgan fingerprint density at radius 3 is 2.88 bits per heavy atom. The summed E-state index contributed by atoms with van der Waals surface area (Å²) >= 11 is 0. The lowest BCUT2D eigenvalue weighted by Gasteiger charge is -2.30. The summed E-state index contributed by atoms with van der Waals surface area (Å²) in [5.41, 5.74) is 0.744. The molecule has 2 rings (SSSR count). The maximum atomic E-state index is 12.0. The summed E-state index contributed by atoms with van der Waals surface area (Å²) < 4.78 is 10.1. The predicted molar refractivity (Wildman–Crippen MR) is 56.7 cm³/mol. The standard InChI is InChI=1S/C11H13NO5/c1-7-2-4-17-9(7)10(13)12-3-5-16-8(6-12)11(14)15/h2,4,8H,3,5-6H2,1H3,(H,14,15)/t8-/m1/s1. The third-order valence-electron chi connectivity index (χ3n) is 2.69. The lowest BCUT2D eigenvalue weighted by Crippen LogP contribution is -2.48. The second-order valence-corrected chi connectivity index (χ2v) is 3.88. The van der Waals surface area contributed by atoms with Gasteiger partial charge >= 0.3 is 5.97 Å². The summed E-state index contributed by atoms with van der Waals surface area (Å²) in [6.07, 6.45) is 0.487. The number of aliphatic carboxylic acids is 1. The number of amides is 1. The van der Waals surface area contributed by atoms with Crippen LogP contribution < -0.4 is 0 Å². The van der Waals surface area contributed by atoms with E-state index in [9.17, 15) is 9.59 Å². The summed E-state index contributed by atoms with van der Waals surface area (Å²) in [6, 6.07) is 1.70. The predicted octanol–water partition coefficient (Wildman–Crippen LogP) is 0.514. The Morgan fingerprint density at radius 1 is 1.53 bits per heavy atom. The van der Waals surface area contributed by atoms with Crippen molar-refractivity contribution in [2.24, 2.45) is 0 Å². The molecule has 0 spiro atoms. The minimum absolute atomic E-state index is 0.0499. The molecule has 1 saturated heterocycles. The average Bonchev–Trinajstić information content (AvgIpc) is 2.74. The van der Waals surface area contributed by atoms with Crippen molar-refractivity contribution in [3.8, 4) is 0 Å². The van der Waals surface area contributed by atoms with Crippen LogP contribution in [0.15, 0.2) is 16.7 Å². The van der Waals surface area contributed by atoms with Crippen molar-refractivity contribution in [1.29, 1.82) is 0 Å². The van der Waals surface area contributed by atoms with Crippen LogP contribution >= 0.6 is 0 Å². The Kier molecular flexibility index (Phi) is 3.14. The van der Waals surface area contributed by atoms with E-state index in [0.29, 0.717) is 6.54 Å². The largest absolute Gasteiger partial charge is 0.479 e. The molecule has 92 valence electrons. The van der Waals surface area contributed by atoms with Crippen LogP contribution in [-0.2, 0) is 9.53 Å². The van der Waals surface area contributed by atoms with Crippen LogP contribution in [-0.4, -0.2) is 47.7 Å². The minimum Gasteiger partial charge on any atom is -0.479 e. The van der Waals surface area contributed by atoms with Crippen molar-refractivity contribution < 1.29 is 23.8 Å². The Bertz CT molecular complexity index is 439. The van der Waals surface area contributed by atoms with Crippen LogP contribution in [0.25, 0.3) is 0 Å². The quantitative estimate of drug-likeness (QED) is 0.813. The van der Waals surface area contributed by atoms with Crippen LogP contribution in [0.2, 0.25) is 0 Å². The van der Waals surface area contributed by atoms with Crippen LogP contribution in [0.3, 0.4) is 0 Å². The first-order valence-electron chi connectivity index (χ1n) is 5.27. The molecule has 6 heteroatoms. The number of carboxylic acid groups (broad SMARTS) is 1. The molecule has 1 aromatic rings. The van der Waals surface area contributed by atoms with Gasteiger partial charge in [-0.05, 0) is 13.0 Å². The zero-order valence-electron chi connectivity index (χ0n) is 9.38. The number of carboxylic acids is 1. The van der Waals surface area contributed by atoms with E-state index in [2.05, 4.69) is 0 Å². The molecule has 1 aliphatic heterocycles. The maximum Gasteiger partial charge on any atom is 0.334 e. The van der Waals surface area contributed by atoms with Gasteiger partial charge in [0.15, 0.2) is 11.9 Å². The van der Waals surface area contributed by atoms with Gasteiger partial charge in [-0.3, -0.25) is 4.79 Å². The third-order valence-corrected chi connectivity index (χ3v) is 2.69. The van der Waals surface area contributed by atoms with E-state index in [1.54, 1.807) is 13.0 Å². The van der Waals surface area contributed by atoms with Crippen molar-refractivity contribution in [2.45, 2.75) is 13.0 Å². The Morgan fingerprint density at radius 2 is 2.29 bits per heavy atom. The number of carbonyl (C=O) groups excluding carboxylic acids is 1. The smallest absolute Gasteiger partial charge is 0.334 e. The summed E-state index contributed by atoms with van der Waals surface area (Å²) in [7, 11) is 0. The number of ether oxygens (including phenoxy) is 1. The van der Waals surface area contributed by atoms with Gasteiger partial charge in [-0.2, -0.15) is 0 Å². The normalized spacial score (nSPS) is 20.3. The first-order valence-corrected chi connectivity index (χ1v) is 5.27. The number of nitrogens with zero attached hydrogens (tertiary/aromatic N) is 1. The number of morpholine rings is 1. The van der Waals surface area contributed by atoms with Crippen molar-refractivity contribution in [3.05, 3.63) is 23.7 Å². The molecule has 0 aromatic carbocycles. The van der Waals surface area contributed by atoms with E-state index in [4.69, 9.17) is 14.3 Å². The Balaban J connectivity index is 2.10.